The molecule has 1 aliphatic heterocycles. The maximum atomic E-state index is 14.2. The average Bonchev–Trinajstić information content (AvgIpc) is 3.69. The topological polar surface area (TPSA) is 182 Å². The van der Waals surface area contributed by atoms with E-state index in [9.17, 15) is 28.8 Å². The molecule has 0 bridgehead atoms. The molecule has 1 aromatic heterocycles. The number of unbranched alkanes of at least 4 members (excludes halogenated alkanes) is 1. The largest absolute Gasteiger partial charge is 0.462 e. The highest BCUT2D eigenvalue weighted by Gasteiger charge is 2.42. The summed E-state index contributed by atoms with van der Waals surface area (Å²) in [4.78, 5) is 86.6. The van der Waals surface area contributed by atoms with Crippen molar-refractivity contribution < 1.29 is 43.0 Å². The van der Waals surface area contributed by atoms with Crippen LogP contribution in [0.2, 0.25) is 0 Å². The van der Waals surface area contributed by atoms with Gasteiger partial charge in [0.25, 0.3) is 0 Å². The molecule has 1 saturated heterocycles. The fourth-order valence-corrected chi connectivity index (χ4v) is 6.20. The Balaban J connectivity index is 1.45. The van der Waals surface area contributed by atoms with Crippen LogP contribution in [0, 0.1) is 0 Å². The summed E-state index contributed by atoms with van der Waals surface area (Å²) >= 11 is 0. The summed E-state index contributed by atoms with van der Waals surface area (Å²) in [6.45, 7) is 8.79. The van der Waals surface area contributed by atoms with Crippen LogP contribution in [0.1, 0.15) is 94.8 Å². The van der Waals surface area contributed by atoms with Crippen molar-refractivity contribution in [2.24, 2.45) is 0 Å². The van der Waals surface area contributed by atoms with E-state index in [-0.39, 0.29) is 32.5 Å². The summed E-state index contributed by atoms with van der Waals surface area (Å²) in [7, 11) is 0. The fourth-order valence-electron chi connectivity index (χ4n) is 6.20. The molecule has 0 spiro atoms. The Morgan fingerprint density at radius 1 is 0.842 bits per heavy atom. The third-order valence-electron chi connectivity index (χ3n) is 9.52. The smallest absolute Gasteiger partial charge is 0.408 e. The number of alkyl carbamates (subject to hydrolysis) is 1. The fraction of sp³-hybridized carbons (Fsp3) is 0.465. The van der Waals surface area contributed by atoms with Gasteiger partial charge in [0.05, 0.1) is 12.2 Å². The van der Waals surface area contributed by atoms with Crippen LogP contribution in [0.4, 0.5) is 4.79 Å². The first-order valence-electron chi connectivity index (χ1n) is 19.4. The van der Waals surface area contributed by atoms with Crippen molar-refractivity contribution in [1.82, 2.24) is 25.8 Å². The lowest BCUT2D eigenvalue weighted by atomic mass is 9.95. The summed E-state index contributed by atoms with van der Waals surface area (Å²) < 4.78 is 16.4. The lowest BCUT2D eigenvalue weighted by Gasteiger charge is -2.34. The molecular formula is C43H55N5O9. The highest BCUT2D eigenvalue weighted by atomic mass is 16.6. The summed E-state index contributed by atoms with van der Waals surface area (Å²) in [6, 6.07) is 20.0. The van der Waals surface area contributed by atoms with Crippen LogP contribution in [0.5, 0.6) is 0 Å². The van der Waals surface area contributed by atoms with E-state index in [0.29, 0.717) is 43.5 Å². The summed E-state index contributed by atoms with van der Waals surface area (Å²) in [5, 5.41) is 8.29. The molecule has 0 saturated carbocycles. The summed E-state index contributed by atoms with van der Waals surface area (Å²) in [5.74, 6) is -2.76. The molecule has 14 nitrogen and oxygen atoms in total. The SMILES string of the molecule is CC[C@](C)(NC(=O)[C@H](CCCCOC(=O)c1ccccc1)NC(=O)OC(C)(C)C)C(=O)NC(Cc1ccccn1)C(=O)N1CCC[C@@H]1C(=O)OCc1ccccc1. The molecule has 4 rings (SSSR count). The van der Waals surface area contributed by atoms with Gasteiger partial charge in [-0.2, -0.15) is 0 Å². The van der Waals surface area contributed by atoms with Gasteiger partial charge >= 0.3 is 18.0 Å². The van der Waals surface area contributed by atoms with E-state index < -0.39 is 65.0 Å². The van der Waals surface area contributed by atoms with Gasteiger partial charge in [0.2, 0.25) is 17.7 Å². The van der Waals surface area contributed by atoms with Crippen LogP contribution in [-0.4, -0.2) is 88.1 Å². The van der Waals surface area contributed by atoms with E-state index in [1.165, 1.54) is 11.8 Å². The van der Waals surface area contributed by atoms with E-state index >= 15 is 0 Å². The highest BCUT2D eigenvalue weighted by Crippen LogP contribution is 2.22. The Bertz CT molecular complexity index is 1800. The molecule has 1 fully saturated rings. The Labute approximate surface area is 334 Å². The molecular weight excluding hydrogens is 730 g/mol. The Kier molecular flexibility index (Phi) is 16.1. The molecule has 4 amide bonds. The maximum absolute atomic E-state index is 14.2. The third-order valence-corrected chi connectivity index (χ3v) is 9.52. The van der Waals surface area contributed by atoms with Gasteiger partial charge in [-0.3, -0.25) is 19.4 Å². The van der Waals surface area contributed by atoms with E-state index in [4.69, 9.17) is 14.2 Å². The van der Waals surface area contributed by atoms with Gasteiger partial charge < -0.3 is 35.1 Å². The number of ether oxygens (including phenoxy) is 3. The zero-order chi connectivity index (χ0) is 41.4. The Hall–Kier alpha value is -5.79. The van der Waals surface area contributed by atoms with Crippen LogP contribution < -0.4 is 16.0 Å². The van der Waals surface area contributed by atoms with Crippen molar-refractivity contribution in [3.63, 3.8) is 0 Å². The van der Waals surface area contributed by atoms with Crippen molar-refractivity contribution in [2.45, 2.75) is 115 Å². The van der Waals surface area contributed by atoms with Crippen LogP contribution >= 0.6 is 0 Å². The first kappa shape index (κ1) is 43.9. The molecule has 0 radical (unpaired) electrons. The highest BCUT2D eigenvalue weighted by molar-refractivity contribution is 5.97. The number of aromatic nitrogens is 1. The number of rotatable bonds is 18. The lowest BCUT2D eigenvalue weighted by molar-refractivity contribution is -0.155. The lowest BCUT2D eigenvalue weighted by Crippen LogP contribution is -2.63. The van der Waals surface area contributed by atoms with Gasteiger partial charge in [-0.05, 0) is 96.0 Å². The molecule has 0 aliphatic carbocycles. The molecule has 2 aromatic carbocycles. The van der Waals surface area contributed by atoms with Crippen LogP contribution in [0.25, 0.3) is 0 Å². The first-order valence-corrected chi connectivity index (χ1v) is 19.4. The second kappa shape index (κ2) is 20.9. The predicted octanol–water partition coefficient (Wildman–Crippen LogP) is 5.05. The molecule has 1 unspecified atom stereocenters. The maximum Gasteiger partial charge on any atom is 0.408 e. The van der Waals surface area contributed by atoms with Gasteiger partial charge in [0.1, 0.15) is 35.9 Å². The second-order valence-electron chi connectivity index (χ2n) is 15.2. The van der Waals surface area contributed by atoms with Gasteiger partial charge in [0.15, 0.2) is 0 Å². The zero-order valence-corrected chi connectivity index (χ0v) is 33.5. The molecule has 3 aromatic rings. The Morgan fingerprint density at radius 3 is 2.18 bits per heavy atom. The minimum atomic E-state index is -1.53. The third kappa shape index (κ3) is 13.7. The second-order valence-corrected chi connectivity index (χ2v) is 15.2. The van der Waals surface area contributed by atoms with Gasteiger partial charge in [-0.25, -0.2) is 14.4 Å². The number of likely N-dealkylation sites (tertiary alicyclic amines) is 1. The molecule has 14 heteroatoms. The number of nitrogens with zero attached hydrogens (tertiary/aromatic N) is 2. The number of carbonyl (C=O) groups excluding carboxylic acids is 6. The van der Waals surface area contributed by atoms with Crippen LogP contribution in [0.3, 0.4) is 0 Å². The van der Waals surface area contributed by atoms with E-state index in [2.05, 4.69) is 20.9 Å². The van der Waals surface area contributed by atoms with Crippen molar-refractivity contribution in [1.29, 1.82) is 0 Å². The number of esters is 2. The number of carbonyl (C=O) groups is 6. The van der Waals surface area contributed by atoms with E-state index in [1.807, 2.05) is 30.3 Å². The number of nitrogens with one attached hydrogen (secondary N) is 3. The van der Waals surface area contributed by atoms with Crippen molar-refractivity contribution in [3.8, 4) is 0 Å². The molecule has 57 heavy (non-hydrogen) atoms. The van der Waals surface area contributed by atoms with Crippen molar-refractivity contribution >= 4 is 35.8 Å². The van der Waals surface area contributed by atoms with Gasteiger partial charge in [-0.15, -0.1) is 0 Å². The normalized spacial score (nSPS) is 15.9. The minimum Gasteiger partial charge on any atom is -0.462 e. The van der Waals surface area contributed by atoms with Gasteiger partial charge in [-0.1, -0.05) is 61.5 Å². The molecule has 306 valence electrons. The number of hydrogen-bond donors (Lipinski definition) is 3. The molecule has 4 atom stereocenters. The standard InChI is InChI=1S/C43H55N5O9/c1-6-43(5,47-36(49)33(46-41(54)57-42(2,3)4)23-14-16-27-55-38(51)31-20-11-8-12-21-31)40(53)45-34(28-32-22-13-15-25-44-32)37(50)48-26-17-24-35(48)39(52)56-29-30-18-9-7-10-19-30/h7-13,15,18-22,25,33-35H,6,14,16-17,23-24,26-29H2,1-5H3,(H,45,53)(H,46,54)(H,47,49)/t33-,34?,35+,43-/m0/s1. The van der Waals surface area contributed by atoms with Crippen molar-refractivity contribution in [2.75, 3.05) is 13.2 Å². The number of pyridine rings is 1. The monoisotopic (exact) mass is 785 g/mol. The van der Waals surface area contributed by atoms with E-state index in [1.54, 1.807) is 82.4 Å². The molecule has 3 N–H and O–H groups in total. The summed E-state index contributed by atoms with van der Waals surface area (Å²) in [6.07, 6.45) is 2.84. The van der Waals surface area contributed by atoms with E-state index in [0.717, 1.165) is 5.56 Å². The number of benzene rings is 2. The molecule has 1 aliphatic rings. The number of hydrogen-bond acceptors (Lipinski definition) is 10. The van der Waals surface area contributed by atoms with Crippen LogP contribution in [0.15, 0.2) is 85.1 Å². The van der Waals surface area contributed by atoms with Crippen LogP contribution in [-0.2, 0) is 46.4 Å². The first-order chi connectivity index (χ1) is 27.2. The minimum absolute atomic E-state index is 0.0269. The average molecular weight is 786 g/mol. The predicted molar refractivity (Wildman–Crippen MR) is 211 cm³/mol. The quantitative estimate of drug-likeness (QED) is 0.0897. The Morgan fingerprint density at radius 2 is 1.53 bits per heavy atom. The van der Waals surface area contributed by atoms with Crippen molar-refractivity contribution in [3.05, 3.63) is 102 Å². The zero-order valence-electron chi connectivity index (χ0n) is 33.5. The summed E-state index contributed by atoms with van der Waals surface area (Å²) in [5.41, 5.74) is -0.592. The molecule has 2 heterocycles. The number of amides is 4. The van der Waals surface area contributed by atoms with Gasteiger partial charge in [0, 0.05) is 24.9 Å².